The van der Waals surface area contributed by atoms with E-state index in [4.69, 9.17) is 0 Å². The summed E-state index contributed by atoms with van der Waals surface area (Å²) in [7, 11) is -4.21. The van der Waals surface area contributed by atoms with Crippen LogP contribution in [0.1, 0.15) is 0 Å². The fourth-order valence-corrected chi connectivity index (χ4v) is 0.584. The first-order chi connectivity index (χ1) is 4.62. The molecule has 0 radical (unpaired) electrons. The first kappa shape index (κ1) is 9.36. The molecule has 0 saturated heterocycles. The molecule has 0 amide bonds. The molecule has 0 heterocycles. The Kier molecular flexibility index (Phi) is 3.95. The van der Waals surface area contributed by atoms with Gasteiger partial charge in [-0.05, 0) is 0 Å². The van der Waals surface area contributed by atoms with Crippen molar-refractivity contribution in [3.63, 3.8) is 0 Å². The van der Waals surface area contributed by atoms with E-state index in [1.807, 2.05) is 5.92 Å². The molecule has 0 aliphatic heterocycles. The lowest BCUT2D eigenvalue weighted by Crippen LogP contribution is -2.09. The molecule has 58 valence electrons. The Morgan fingerprint density at radius 1 is 1.50 bits per heavy atom. The average Bonchev–Trinajstić information content (AvgIpc) is 1.84. The van der Waals surface area contributed by atoms with E-state index in [1.165, 1.54) is 0 Å². The molecule has 0 saturated carbocycles. The number of terminal acetylenes is 1. The second-order valence-electron chi connectivity index (χ2n) is 1.10. The van der Waals surface area contributed by atoms with E-state index in [2.05, 4.69) is 14.8 Å². The van der Waals surface area contributed by atoms with Crippen LogP contribution in [0.3, 0.4) is 0 Å². The Balaban J connectivity index is 3.80. The topological polar surface area (TPSA) is 52.6 Å². The summed E-state index contributed by atoms with van der Waals surface area (Å²) in [5, 5.41) is 0. The summed E-state index contributed by atoms with van der Waals surface area (Å²) in [6.07, 6.45) is 4.64. The van der Waals surface area contributed by atoms with Crippen LogP contribution >= 0.6 is 0 Å². The molecule has 0 spiro atoms. The largest absolute Gasteiger partial charge is 0.403 e. The van der Waals surface area contributed by atoms with Gasteiger partial charge in [-0.1, -0.05) is 5.92 Å². The predicted octanol–water partition coefficient (Wildman–Crippen LogP) is -0.175. The highest BCUT2D eigenvalue weighted by atomic mass is 32.3. The lowest BCUT2D eigenvalue weighted by molar-refractivity contribution is 0.159. The Hall–Kier alpha value is -0.640. The van der Waals surface area contributed by atoms with Crippen molar-refractivity contribution in [3.05, 3.63) is 0 Å². The predicted molar refractivity (Wildman–Crippen MR) is 30.8 cm³/mol. The summed E-state index contributed by atoms with van der Waals surface area (Å²) in [5.74, 6) is 1.88. The highest BCUT2D eigenvalue weighted by molar-refractivity contribution is 7.81. The Morgan fingerprint density at radius 3 is 2.50 bits per heavy atom. The fourth-order valence-electron chi connectivity index (χ4n) is 0.195. The van der Waals surface area contributed by atoms with Gasteiger partial charge in [-0.25, -0.2) is 12.8 Å². The van der Waals surface area contributed by atoms with Crippen molar-refractivity contribution in [2.24, 2.45) is 0 Å². The molecule has 0 aromatic carbocycles. The lowest BCUT2D eigenvalue weighted by atomic mass is 10.8. The van der Waals surface area contributed by atoms with Gasteiger partial charge in [-0.2, -0.15) is 8.42 Å². The van der Waals surface area contributed by atoms with Crippen LogP contribution < -0.4 is 0 Å². The molecule has 6 heteroatoms. The van der Waals surface area contributed by atoms with Gasteiger partial charge in [0.05, 0.1) is 0 Å². The van der Waals surface area contributed by atoms with Crippen LogP contribution in [0.15, 0.2) is 0 Å². The lowest BCUT2D eigenvalue weighted by Gasteiger charge is -1.97. The average molecular weight is 168 g/mol. The van der Waals surface area contributed by atoms with Gasteiger partial charge in [0.1, 0.15) is 6.61 Å². The zero-order valence-electron chi connectivity index (χ0n) is 4.91. The third-order valence-electron chi connectivity index (χ3n) is 0.475. The van der Waals surface area contributed by atoms with E-state index in [-0.39, 0.29) is 0 Å². The summed E-state index contributed by atoms with van der Waals surface area (Å²) in [6.45, 7) is -1.91. The molecule has 0 unspecified atom stereocenters. The van der Waals surface area contributed by atoms with Gasteiger partial charge < -0.3 is 0 Å². The molecule has 0 aliphatic carbocycles. The summed E-state index contributed by atoms with van der Waals surface area (Å²) in [4.78, 5) is 0. The van der Waals surface area contributed by atoms with Crippen LogP contribution in [-0.2, 0) is 18.8 Å². The van der Waals surface area contributed by atoms with Crippen LogP contribution in [0.4, 0.5) is 4.39 Å². The molecule has 4 nitrogen and oxygen atoms in total. The molecule has 0 rings (SSSR count). The third kappa shape index (κ3) is 4.26. The fraction of sp³-hybridized carbons (Fsp3) is 0.500. The summed E-state index contributed by atoms with van der Waals surface area (Å²) in [6, 6.07) is 0. The van der Waals surface area contributed by atoms with Crippen LogP contribution in [0.2, 0.25) is 0 Å². The Labute approximate surface area is 58.3 Å². The molecular weight excluding hydrogens is 163 g/mol. The van der Waals surface area contributed by atoms with Crippen molar-refractivity contribution < 1.29 is 21.2 Å². The minimum atomic E-state index is -4.21. The van der Waals surface area contributed by atoms with Crippen LogP contribution in [-0.4, -0.2) is 21.9 Å². The highest BCUT2D eigenvalue weighted by Crippen LogP contribution is 1.94. The maximum absolute atomic E-state index is 11.2. The number of rotatable bonds is 4. The van der Waals surface area contributed by atoms with Gasteiger partial charge in [0.2, 0.25) is 6.86 Å². The van der Waals surface area contributed by atoms with Crippen molar-refractivity contribution >= 4 is 10.4 Å². The van der Waals surface area contributed by atoms with Crippen molar-refractivity contribution in [2.75, 3.05) is 13.5 Å². The Morgan fingerprint density at radius 2 is 2.10 bits per heavy atom. The van der Waals surface area contributed by atoms with Gasteiger partial charge in [-0.15, -0.1) is 6.42 Å². The monoisotopic (exact) mass is 168 g/mol. The van der Waals surface area contributed by atoms with E-state index in [0.29, 0.717) is 0 Å². The summed E-state index contributed by atoms with van der Waals surface area (Å²) in [5.41, 5.74) is 0. The number of hydrogen-bond donors (Lipinski definition) is 0. The van der Waals surface area contributed by atoms with Gasteiger partial charge in [-0.3, -0.25) is 0 Å². The van der Waals surface area contributed by atoms with Crippen molar-refractivity contribution in [3.8, 4) is 12.3 Å². The second kappa shape index (κ2) is 4.22. The quantitative estimate of drug-likeness (QED) is 0.546. The highest BCUT2D eigenvalue weighted by Gasteiger charge is 2.09. The van der Waals surface area contributed by atoms with E-state index in [1.54, 1.807) is 0 Å². The number of alkyl halides is 1. The van der Waals surface area contributed by atoms with E-state index in [0.717, 1.165) is 0 Å². The van der Waals surface area contributed by atoms with Crippen molar-refractivity contribution in [1.29, 1.82) is 0 Å². The van der Waals surface area contributed by atoms with E-state index >= 15 is 0 Å². The van der Waals surface area contributed by atoms with Crippen LogP contribution in [0.25, 0.3) is 0 Å². The van der Waals surface area contributed by atoms with E-state index < -0.39 is 23.9 Å². The molecule has 0 fully saturated rings. The smallest absolute Gasteiger partial charge is 0.235 e. The zero-order valence-corrected chi connectivity index (χ0v) is 5.73. The van der Waals surface area contributed by atoms with Crippen molar-refractivity contribution in [2.45, 2.75) is 0 Å². The molecule has 0 N–H and O–H groups in total. The summed E-state index contributed by atoms with van der Waals surface area (Å²) >= 11 is 0. The second-order valence-corrected chi connectivity index (χ2v) is 2.39. The van der Waals surface area contributed by atoms with Gasteiger partial charge in [0.15, 0.2) is 0 Å². The number of hydrogen-bond acceptors (Lipinski definition) is 4. The SMILES string of the molecule is C#CCOS(=O)(=O)OCF. The van der Waals surface area contributed by atoms with Crippen molar-refractivity contribution in [1.82, 2.24) is 0 Å². The van der Waals surface area contributed by atoms with Crippen LogP contribution in [0.5, 0.6) is 0 Å². The molecule has 0 aromatic heterocycles. The summed E-state index contributed by atoms with van der Waals surface area (Å²) < 4.78 is 39.0. The maximum Gasteiger partial charge on any atom is 0.403 e. The molecule has 10 heavy (non-hydrogen) atoms. The molecule has 0 aromatic rings. The number of halogens is 1. The minimum Gasteiger partial charge on any atom is -0.235 e. The first-order valence-electron chi connectivity index (χ1n) is 2.15. The molecular formula is C4H5FO4S. The van der Waals surface area contributed by atoms with E-state index in [9.17, 15) is 12.8 Å². The van der Waals surface area contributed by atoms with Crippen LogP contribution in [0, 0.1) is 12.3 Å². The normalized spacial score (nSPS) is 10.8. The minimum absolute atomic E-state index is 0.456. The third-order valence-corrected chi connectivity index (χ3v) is 1.26. The molecule has 0 atom stereocenters. The van der Waals surface area contributed by atoms with Gasteiger partial charge in [0, 0.05) is 0 Å². The Bertz CT molecular complexity index is 214. The van der Waals surface area contributed by atoms with Gasteiger partial charge >= 0.3 is 10.4 Å². The molecule has 0 aliphatic rings. The zero-order chi connectivity index (χ0) is 8.04. The van der Waals surface area contributed by atoms with Gasteiger partial charge in [0.25, 0.3) is 0 Å². The molecule has 0 bridgehead atoms. The maximum atomic E-state index is 11.2. The first-order valence-corrected chi connectivity index (χ1v) is 3.49. The standard InChI is InChI=1S/C4H5FO4S/c1-2-3-8-10(6,7)9-4-5/h1H,3-4H2.